The predicted octanol–water partition coefficient (Wildman–Crippen LogP) is 3.38. The van der Waals surface area contributed by atoms with Crippen LogP contribution in [0.5, 0.6) is 0 Å². The lowest BCUT2D eigenvalue weighted by Crippen LogP contribution is -2.40. The van der Waals surface area contributed by atoms with Crippen molar-refractivity contribution in [1.29, 1.82) is 0 Å². The van der Waals surface area contributed by atoms with Gasteiger partial charge >= 0.3 is 0 Å². The fourth-order valence-electron chi connectivity index (χ4n) is 3.90. The van der Waals surface area contributed by atoms with E-state index in [-0.39, 0.29) is 17.8 Å². The van der Waals surface area contributed by atoms with E-state index in [0.717, 1.165) is 11.8 Å². The van der Waals surface area contributed by atoms with Gasteiger partial charge in [-0.25, -0.2) is 4.39 Å². The number of hydrogen-bond acceptors (Lipinski definition) is 1. The SMILES string of the molecule is C[C@@H](NC(=O)c1ccc(F)cc1)[C@@H]1C[C@@H]2CC[C@H]1C2. The molecule has 0 spiro atoms. The monoisotopic (exact) mass is 261 g/mol. The van der Waals surface area contributed by atoms with E-state index < -0.39 is 0 Å². The first-order valence-electron chi connectivity index (χ1n) is 7.20. The molecule has 1 amide bonds. The lowest BCUT2D eigenvalue weighted by Gasteiger charge is -2.28. The summed E-state index contributed by atoms with van der Waals surface area (Å²) in [6.07, 6.45) is 5.31. The molecule has 2 fully saturated rings. The molecule has 3 heteroatoms. The molecular weight excluding hydrogens is 241 g/mol. The van der Waals surface area contributed by atoms with E-state index in [0.29, 0.717) is 11.5 Å². The molecule has 102 valence electrons. The first kappa shape index (κ1) is 12.6. The highest BCUT2D eigenvalue weighted by molar-refractivity contribution is 5.94. The molecule has 0 unspecified atom stereocenters. The second-order valence-electron chi connectivity index (χ2n) is 6.11. The van der Waals surface area contributed by atoms with Crippen LogP contribution in [0, 0.1) is 23.6 Å². The zero-order chi connectivity index (χ0) is 13.4. The number of fused-ring (bicyclic) bond motifs is 2. The molecule has 0 aliphatic heterocycles. The molecule has 0 heterocycles. The predicted molar refractivity (Wildman–Crippen MR) is 72.3 cm³/mol. The quantitative estimate of drug-likeness (QED) is 0.888. The average molecular weight is 261 g/mol. The molecule has 2 bridgehead atoms. The third-order valence-electron chi connectivity index (χ3n) is 4.90. The topological polar surface area (TPSA) is 29.1 Å². The van der Waals surface area contributed by atoms with E-state index in [4.69, 9.17) is 0 Å². The highest BCUT2D eigenvalue weighted by Crippen LogP contribution is 2.49. The number of benzene rings is 1. The van der Waals surface area contributed by atoms with Gasteiger partial charge in [-0.1, -0.05) is 6.42 Å². The van der Waals surface area contributed by atoms with E-state index in [9.17, 15) is 9.18 Å². The number of hydrogen-bond donors (Lipinski definition) is 1. The average Bonchev–Trinajstić information content (AvgIpc) is 3.01. The van der Waals surface area contributed by atoms with Gasteiger partial charge in [-0.15, -0.1) is 0 Å². The van der Waals surface area contributed by atoms with Crippen molar-refractivity contribution in [3.05, 3.63) is 35.6 Å². The van der Waals surface area contributed by atoms with Crippen LogP contribution in [0.3, 0.4) is 0 Å². The minimum Gasteiger partial charge on any atom is -0.349 e. The fourth-order valence-corrected chi connectivity index (χ4v) is 3.90. The van der Waals surface area contributed by atoms with Crippen LogP contribution in [-0.4, -0.2) is 11.9 Å². The summed E-state index contributed by atoms with van der Waals surface area (Å²) in [4.78, 5) is 12.1. The summed E-state index contributed by atoms with van der Waals surface area (Å²) in [5.74, 6) is 1.92. The third kappa shape index (κ3) is 2.51. The molecular formula is C16H20FNO. The summed E-state index contributed by atoms with van der Waals surface area (Å²) in [6.45, 7) is 2.10. The van der Waals surface area contributed by atoms with E-state index in [1.54, 1.807) is 0 Å². The van der Waals surface area contributed by atoms with Crippen LogP contribution in [0.1, 0.15) is 43.0 Å². The van der Waals surface area contributed by atoms with Gasteiger partial charge in [-0.05, 0) is 68.2 Å². The Morgan fingerprint density at radius 2 is 2.00 bits per heavy atom. The number of amides is 1. The largest absolute Gasteiger partial charge is 0.349 e. The van der Waals surface area contributed by atoms with Crippen molar-refractivity contribution in [1.82, 2.24) is 5.32 Å². The Hall–Kier alpha value is -1.38. The highest BCUT2D eigenvalue weighted by Gasteiger charge is 2.42. The zero-order valence-electron chi connectivity index (χ0n) is 11.2. The van der Waals surface area contributed by atoms with Crippen LogP contribution in [-0.2, 0) is 0 Å². The summed E-state index contributed by atoms with van der Waals surface area (Å²) in [6, 6.07) is 5.96. The maximum atomic E-state index is 12.8. The normalized spacial score (nSPS) is 30.3. The van der Waals surface area contributed by atoms with Crippen molar-refractivity contribution in [2.24, 2.45) is 17.8 Å². The fraction of sp³-hybridized carbons (Fsp3) is 0.562. The number of halogens is 1. The van der Waals surface area contributed by atoms with Gasteiger partial charge in [0.1, 0.15) is 5.82 Å². The summed E-state index contributed by atoms with van der Waals surface area (Å²) >= 11 is 0. The second kappa shape index (κ2) is 4.95. The van der Waals surface area contributed by atoms with Gasteiger partial charge in [0.05, 0.1) is 0 Å². The van der Waals surface area contributed by atoms with Gasteiger partial charge in [0, 0.05) is 11.6 Å². The summed E-state index contributed by atoms with van der Waals surface area (Å²) in [5.41, 5.74) is 0.538. The van der Waals surface area contributed by atoms with E-state index in [1.807, 2.05) is 0 Å². The Kier molecular flexibility index (Phi) is 3.29. The summed E-state index contributed by atoms with van der Waals surface area (Å²) in [5, 5.41) is 3.08. The van der Waals surface area contributed by atoms with Crippen molar-refractivity contribution in [3.8, 4) is 0 Å². The van der Waals surface area contributed by atoms with Gasteiger partial charge in [0.15, 0.2) is 0 Å². The number of nitrogens with one attached hydrogen (secondary N) is 1. The van der Waals surface area contributed by atoms with Crippen LogP contribution < -0.4 is 5.32 Å². The Morgan fingerprint density at radius 3 is 2.58 bits per heavy atom. The molecule has 4 atom stereocenters. The van der Waals surface area contributed by atoms with E-state index in [1.165, 1.54) is 49.9 Å². The molecule has 0 radical (unpaired) electrons. The van der Waals surface area contributed by atoms with Crippen molar-refractivity contribution < 1.29 is 9.18 Å². The van der Waals surface area contributed by atoms with Gasteiger partial charge in [0.2, 0.25) is 0 Å². The van der Waals surface area contributed by atoms with Crippen LogP contribution in [0.4, 0.5) is 4.39 Å². The third-order valence-corrected chi connectivity index (χ3v) is 4.90. The minimum atomic E-state index is -0.308. The number of rotatable bonds is 3. The van der Waals surface area contributed by atoms with Gasteiger partial charge in [-0.2, -0.15) is 0 Å². The van der Waals surface area contributed by atoms with Crippen LogP contribution in [0.2, 0.25) is 0 Å². The first-order chi connectivity index (χ1) is 9.13. The number of carbonyl (C=O) groups is 1. The van der Waals surface area contributed by atoms with E-state index >= 15 is 0 Å². The molecule has 2 nitrogen and oxygen atoms in total. The molecule has 2 aliphatic carbocycles. The molecule has 1 aromatic rings. The standard InChI is InChI=1S/C16H20FNO/c1-10(15-9-11-2-3-13(15)8-11)18-16(19)12-4-6-14(17)7-5-12/h4-7,10-11,13,15H,2-3,8-9H2,1H3,(H,18,19)/t10-,11-,13+,15+/m1/s1. The van der Waals surface area contributed by atoms with Gasteiger partial charge in [0.25, 0.3) is 5.91 Å². The Labute approximate surface area is 113 Å². The Balaban J connectivity index is 1.61. The van der Waals surface area contributed by atoms with Crippen molar-refractivity contribution >= 4 is 5.91 Å². The first-order valence-corrected chi connectivity index (χ1v) is 7.20. The van der Waals surface area contributed by atoms with E-state index in [2.05, 4.69) is 12.2 Å². The van der Waals surface area contributed by atoms with Crippen molar-refractivity contribution in [3.63, 3.8) is 0 Å². The molecule has 2 aliphatic rings. The minimum absolute atomic E-state index is 0.0877. The maximum absolute atomic E-state index is 12.8. The molecule has 1 N–H and O–H groups in total. The van der Waals surface area contributed by atoms with Crippen LogP contribution in [0.15, 0.2) is 24.3 Å². The smallest absolute Gasteiger partial charge is 0.251 e. The van der Waals surface area contributed by atoms with Crippen molar-refractivity contribution in [2.75, 3.05) is 0 Å². The Morgan fingerprint density at radius 1 is 1.26 bits per heavy atom. The lowest BCUT2D eigenvalue weighted by atomic mass is 9.84. The number of carbonyl (C=O) groups excluding carboxylic acids is 1. The lowest BCUT2D eigenvalue weighted by molar-refractivity contribution is 0.0915. The molecule has 0 saturated heterocycles. The van der Waals surface area contributed by atoms with Crippen molar-refractivity contribution in [2.45, 2.75) is 38.6 Å². The van der Waals surface area contributed by atoms with Gasteiger partial charge < -0.3 is 5.32 Å². The zero-order valence-corrected chi connectivity index (χ0v) is 11.2. The molecule has 2 saturated carbocycles. The molecule has 1 aromatic carbocycles. The molecule has 3 rings (SSSR count). The highest BCUT2D eigenvalue weighted by atomic mass is 19.1. The maximum Gasteiger partial charge on any atom is 0.251 e. The summed E-state index contributed by atoms with van der Waals surface area (Å²) in [7, 11) is 0. The van der Waals surface area contributed by atoms with Crippen LogP contribution >= 0.6 is 0 Å². The van der Waals surface area contributed by atoms with Gasteiger partial charge in [-0.3, -0.25) is 4.79 Å². The molecule has 19 heavy (non-hydrogen) atoms. The molecule has 0 aromatic heterocycles. The van der Waals surface area contributed by atoms with Crippen LogP contribution in [0.25, 0.3) is 0 Å². The second-order valence-corrected chi connectivity index (χ2v) is 6.11. The Bertz CT molecular complexity index is 470. The summed E-state index contributed by atoms with van der Waals surface area (Å²) < 4.78 is 12.8.